The van der Waals surface area contributed by atoms with E-state index in [0.717, 1.165) is 0 Å². The second kappa shape index (κ2) is 9.25. The van der Waals surface area contributed by atoms with Gasteiger partial charge in [-0.25, -0.2) is 0 Å². The number of nitrogens with one attached hydrogen (secondary N) is 1. The molecule has 2 heterocycles. The molecule has 4 rings (SSSR count). The molecule has 0 radical (unpaired) electrons. The summed E-state index contributed by atoms with van der Waals surface area (Å²) in [5.74, 6) is -1.44. The minimum Gasteiger partial charge on any atom is -0.477 e. The Hall–Kier alpha value is -3.14. The topological polar surface area (TPSA) is 154 Å². The molecule has 1 aromatic rings. The molecule has 0 aromatic heterocycles. The molecule has 5 N–H and O–H groups in total. The fourth-order valence-electron chi connectivity index (χ4n) is 5.55. The maximum absolute atomic E-state index is 13.3. The summed E-state index contributed by atoms with van der Waals surface area (Å²) in [6.45, 7) is 5.72. The normalized spacial score (nSPS) is 28.5. The van der Waals surface area contributed by atoms with E-state index < -0.39 is 23.5 Å². The zero-order valence-electron chi connectivity index (χ0n) is 19.6. The molecule has 0 bridgehead atoms. The number of morpholine rings is 1. The lowest BCUT2D eigenvalue weighted by Crippen LogP contribution is -2.57. The van der Waals surface area contributed by atoms with E-state index in [1.54, 1.807) is 19.9 Å². The van der Waals surface area contributed by atoms with Crippen LogP contribution in [0, 0.1) is 18.8 Å². The summed E-state index contributed by atoms with van der Waals surface area (Å²) in [5, 5.41) is 3.00. The Morgan fingerprint density at radius 2 is 1.65 bits per heavy atom. The second-order valence-corrected chi connectivity index (χ2v) is 9.55. The standard InChI is InChI=1S/C24H32N4O6/c1-13-16(20(25)29)7-8-17-18(13)24(2,19(34-17)21(26)30)27-22(31)14-3-5-15(6-4-14)23(32)28-9-11-33-12-10-28/h7-8,14-15,19H,3-6,9-12H2,1-2H3,(H2,25,29)(H2,26,30)(H,27,31)/t14-,15-,19?,24?. The number of hydrogen-bond acceptors (Lipinski definition) is 6. The van der Waals surface area contributed by atoms with Gasteiger partial charge in [0.1, 0.15) is 11.3 Å². The van der Waals surface area contributed by atoms with Gasteiger partial charge >= 0.3 is 0 Å². The smallest absolute Gasteiger partial charge is 0.261 e. The molecule has 2 atom stereocenters. The highest BCUT2D eigenvalue weighted by Gasteiger charge is 2.51. The fourth-order valence-corrected chi connectivity index (χ4v) is 5.55. The van der Waals surface area contributed by atoms with Crippen molar-refractivity contribution in [1.82, 2.24) is 10.2 Å². The molecule has 2 fully saturated rings. The van der Waals surface area contributed by atoms with Crippen molar-refractivity contribution in [2.45, 2.75) is 51.2 Å². The summed E-state index contributed by atoms with van der Waals surface area (Å²) in [6.07, 6.45) is 1.26. The Labute approximate surface area is 198 Å². The molecule has 1 aromatic carbocycles. The molecule has 2 unspecified atom stereocenters. The Kier molecular flexibility index (Phi) is 6.53. The number of nitrogens with two attached hydrogens (primary N) is 2. The highest BCUT2D eigenvalue weighted by Crippen LogP contribution is 2.44. The van der Waals surface area contributed by atoms with Gasteiger partial charge in [-0.3, -0.25) is 19.2 Å². The highest BCUT2D eigenvalue weighted by atomic mass is 16.5. The Balaban J connectivity index is 1.49. The zero-order chi connectivity index (χ0) is 24.6. The van der Waals surface area contributed by atoms with Crippen molar-refractivity contribution < 1.29 is 28.7 Å². The summed E-state index contributed by atoms with van der Waals surface area (Å²) in [6, 6.07) is 3.10. The molecule has 0 spiro atoms. The van der Waals surface area contributed by atoms with Crippen molar-refractivity contribution >= 4 is 23.6 Å². The van der Waals surface area contributed by atoms with Gasteiger partial charge in [0.2, 0.25) is 23.8 Å². The molecule has 10 heteroatoms. The molecule has 184 valence electrons. The van der Waals surface area contributed by atoms with Crippen LogP contribution in [0.2, 0.25) is 0 Å². The first-order valence-corrected chi connectivity index (χ1v) is 11.7. The SMILES string of the molecule is Cc1c(C(N)=O)ccc2c1C(C)(NC(=O)[C@H]1CC[C@H](C(=O)N3CCOCC3)CC1)C(C(N)=O)O2. The summed E-state index contributed by atoms with van der Waals surface area (Å²) >= 11 is 0. The number of amides is 4. The minimum absolute atomic E-state index is 0.0907. The number of carbonyl (C=O) groups is 4. The van der Waals surface area contributed by atoms with E-state index in [2.05, 4.69) is 5.32 Å². The predicted molar refractivity (Wildman–Crippen MR) is 122 cm³/mol. The largest absolute Gasteiger partial charge is 0.477 e. The van der Waals surface area contributed by atoms with Gasteiger partial charge in [0.15, 0.2) is 0 Å². The third kappa shape index (κ3) is 4.22. The van der Waals surface area contributed by atoms with Gasteiger partial charge < -0.3 is 31.2 Å². The van der Waals surface area contributed by atoms with Crippen molar-refractivity contribution in [3.63, 3.8) is 0 Å². The van der Waals surface area contributed by atoms with Crippen LogP contribution in [-0.4, -0.2) is 60.9 Å². The van der Waals surface area contributed by atoms with Crippen LogP contribution in [0.4, 0.5) is 0 Å². The monoisotopic (exact) mass is 472 g/mol. The van der Waals surface area contributed by atoms with E-state index in [1.807, 2.05) is 4.90 Å². The Morgan fingerprint density at radius 1 is 1.03 bits per heavy atom. The molecular formula is C24H32N4O6. The molecule has 1 aliphatic carbocycles. The van der Waals surface area contributed by atoms with E-state index >= 15 is 0 Å². The van der Waals surface area contributed by atoms with Crippen LogP contribution < -0.4 is 21.5 Å². The Bertz CT molecular complexity index is 1010. The Morgan fingerprint density at radius 3 is 2.24 bits per heavy atom. The third-order valence-corrected chi connectivity index (χ3v) is 7.39. The highest BCUT2D eigenvalue weighted by molar-refractivity contribution is 5.96. The maximum Gasteiger partial charge on any atom is 0.261 e. The quantitative estimate of drug-likeness (QED) is 0.561. The number of nitrogens with zero attached hydrogens (tertiary/aromatic N) is 1. The van der Waals surface area contributed by atoms with Crippen LogP contribution >= 0.6 is 0 Å². The van der Waals surface area contributed by atoms with Gasteiger partial charge in [0, 0.05) is 36.1 Å². The van der Waals surface area contributed by atoms with Gasteiger partial charge in [0.05, 0.1) is 13.2 Å². The van der Waals surface area contributed by atoms with Crippen molar-refractivity contribution in [1.29, 1.82) is 0 Å². The predicted octanol–water partition coefficient (Wildman–Crippen LogP) is 0.337. The van der Waals surface area contributed by atoms with Crippen LogP contribution in [0.3, 0.4) is 0 Å². The molecule has 3 aliphatic rings. The van der Waals surface area contributed by atoms with Gasteiger partial charge in [0.25, 0.3) is 5.91 Å². The van der Waals surface area contributed by atoms with Gasteiger partial charge in [-0.05, 0) is 57.2 Å². The first kappa shape index (κ1) is 24.0. The number of primary amides is 2. The summed E-state index contributed by atoms with van der Waals surface area (Å²) in [4.78, 5) is 52.1. The van der Waals surface area contributed by atoms with Crippen LogP contribution in [0.15, 0.2) is 12.1 Å². The van der Waals surface area contributed by atoms with Crippen LogP contribution in [-0.2, 0) is 24.7 Å². The van der Waals surface area contributed by atoms with Crippen LogP contribution in [0.25, 0.3) is 0 Å². The van der Waals surface area contributed by atoms with E-state index in [9.17, 15) is 19.2 Å². The molecule has 2 aliphatic heterocycles. The average molecular weight is 473 g/mol. The average Bonchev–Trinajstić information content (AvgIpc) is 3.12. The molecule has 1 saturated heterocycles. The van der Waals surface area contributed by atoms with Crippen LogP contribution in [0.1, 0.15) is 54.1 Å². The molecular weight excluding hydrogens is 440 g/mol. The number of fused-ring (bicyclic) bond motifs is 1. The van der Waals surface area contributed by atoms with E-state index in [0.29, 0.717) is 68.9 Å². The van der Waals surface area contributed by atoms with E-state index in [4.69, 9.17) is 20.9 Å². The van der Waals surface area contributed by atoms with Crippen LogP contribution in [0.5, 0.6) is 5.75 Å². The lowest BCUT2D eigenvalue weighted by molar-refractivity contribution is -0.142. The van der Waals surface area contributed by atoms with Gasteiger partial charge in [-0.1, -0.05) is 0 Å². The third-order valence-electron chi connectivity index (χ3n) is 7.39. The van der Waals surface area contributed by atoms with Crippen molar-refractivity contribution in [3.05, 3.63) is 28.8 Å². The maximum atomic E-state index is 13.3. The lowest BCUT2D eigenvalue weighted by atomic mass is 9.79. The number of hydrogen-bond donors (Lipinski definition) is 3. The molecule has 4 amide bonds. The number of ether oxygens (including phenoxy) is 2. The second-order valence-electron chi connectivity index (χ2n) is 9.55. The summed E-state index contributed by atoms with van der Waals surface area (Å²) < 4.78 is 11.1. The number of rotatable bonds is 5. The fraction of sp³-hybridized carbons (Fsp3) is 0.583. The first-order valence-electron chi connectivity index (χ1n) is 11.7. The van der Waals surface area contributed by atoms with Gasteiger partial charge in [-0.2, -0.15) is 0 Å². The van der Waals surface area contributed by atoms with Crippen molar-refractivity contribution in [3.8, 4) is 5.75 Å². The molecule has 1 saturated carbocycles. The van der Waals surface area contributed by atoms with E-state index in [1.165, 1.54) is 6.07 Å². The molecule has 34 heavy (non-hydrogen) atoms. The summed E-state index contributed by atoms with van der Waals surface area (Å²) in [7, 11) is 0. The van der Waals surface area contributed by atoms with Gasteiger partial charge in [-0.15, -0.1) is 0 Å². The minimum atomic E-state index is -1.26. The number of benzene rings is 1. The summed E-state index contributed by atoms with van der Waals surface area (Å²) in [5.41, 5.74) is 11.2. The number of carbonyl (C=O) groups excluding carboxylic acids is 4. The molecule has 10 nitrogen and oxygen atoms in total. The zero-order valence-corrected chi connectivity index (χ0v) is 19.6. The van der Waals surface area contributed by atoms with E-state index in [-0.39, 0.29) is 29.2 Å². The lowest BCUT2D eigenvalue weighted by Gasteiger charge is -2.36. The first-order chi connectivity index (χ1) is 16.1. The van der Waals surface area contributed by atoms with Crippen molar-refractivity contribution in [2.24, 2.45) is 23.3 Å². The van der Waals surface area contributed by atoms with Crippen molar-refractivity contribution in [2.75, 3.05) is 26.3 Å².